The first-order chi connectivity index (χ1) is 12.1. The minimum absolute atomic E-state index is 0.441. The van der Waals surface area contributed by atoms with Gasteiger partial charge in [-0.3, -0.25) is 0 Å². The molecule has 0 unspecified atom stereocenters. The molecule has 3 aromatic rings. The van der Waals surface area contributed by atoms with Crippen molar-refractivity contribution in [1.29, 1.82) is 0 Å². The quantitative estimate of drug-likeness (QED) is 0.384. The molecule has 0 aliphatic rings. The lowest BCUT2D eigenvalue weighted by Crippen LogP contribution is -2.47. The molecular formula is C24H26Si. The van der Waals surface area contributed by atoms with Crippen molar-refractivity contribution in [3.8, 4) is 11.1 Å². The lowest BCUT2D eigenvalue weighted by Gasteiger charge is -2.33. The Labute approximate surface area is 152 Å². The van der Waals surface area contributed by atoms with E-state index in [1.807, 2.05) is 0 Å². The number of hydrogen-bond donors (Lipinski definition) is 0. The molecule has 0 radical (unpaired) electrons. The highest BCUT2D eigenvalue weighted by molar-refractivity contribution is 6.91. The van der Waals surface area contributed by atoms with Crippen molar-refractivity contribution < 1.29 is 0 Å². The third-order valence-corrected chi connectivity index (χ3v) is 8.94. The normalized spacial score (nSPS) is 13.1. The minimum Gasteiger partial charge on any atom is -0.0913 e. The minimum atomic E-state index is -1.72. The van der Waals surface area contributed by atoms with Gasteiger partial charge < -0.3 is 0 Å². The van der Waals surface area contributed by atoms with Crippen LogP contribution >= 0.6 is 0 Å². The van der Waals surface area contributed by atoms with E-state index in [0.29, 0.717) is 5.54 Å². The Hall–Kier alpha value is -2.38. The standard InChI is InChI=1S/C24H26Si/c1-4-13-24(25(2,3)21-16-9-6-10-17-21)23-19-12-11-18-22(23)20-14-7-5-8-15-20/h4-19,24H,1-3H3/b13-4+/t24-/m0/s1. The number of benzene rings is 3. The monoisotopic (exact) mass is 342 g/mol. The van der Waals surface area contributed by atoms with Gasteiger partial charge in [-0.15, -0.1) is 0 Å². The summed E-state index contributed by atoms with van der Waals surface area (Å²) in [7, 11) is -1.72. The van der Waals surface area contributed by atoms with Gasteiger partial charge >= 0.3 is 0 Å². The molecule has 3 aromatic carbocycles. The Balaban J connectivity index is 2.15. The van der Waals surface area contributed by atoms with Crippen LogP contribution in [0.5, 0.6) is 0 Å². The zero-order valence-electron chi connectivity index (χ0n) is 15.3. The van der Waals surface area contributed by atoms with Gasteiger partial charge in [-0.1, -0.05) is 115 Å². The second-order valence-corrected chi connectivity index (χ2v) is 11.7. The molecule has 0 bridgehead atoms. The highest BCUT2D eigenvalue weighted by Gasteiger charge is 2.34. The van der Waals surface area contributed by atoms with Crippen LogP contribution < -0.4 is 5.19 Å². The van der Waals surface area contributed by atoms with Crippen LogP contribution in [0.15, 0.2) is 97.1 Å². The first-order valence-corrected chi connectivity index (χ1v) is 12.0. The maximum Gasteiger partial charge on any atom is 0.0919 e. The van der Waals surface area contributed by atoms with Crippen LogP contribution in [0.2, 0.25) is 13.1 Å². The Morgan fingerprint density at radius 1 is 0.720 bits per heavy atom. The predicted octanol–water partition coefficient (Wildman–Crippen LogP) is 6.17. The van der Waals surface area contributed by atoms with Crippen molar-refractivity contribution in [3.05, 3.63) is 103 Å². The number of allylic oxidation sites excluding steroid dienone is 2. The SMILES string of the molecule is C/C=C/[C@@H](c1ccccc1-c1ccccc1)[Si](C)(C)c1ccccc1. The predicted molar refractivity (Wildman–Crippen MR) is 113 cm³/mol. The maximum absolute atomic E-state index is 2.48. The average Bonchev–Trinajstić information content (AvgIpc) is 2.67. The van der Waals surface area contributed by atoms with Gasteiger partial charge in [0.15, 0.2) is 0 Å². The van der Waals surface area contributed by atoms with Crippen LogP contribution in [0.1, 0.15) is 18.0 Å². The van der Waals surface area contributed by atoms with Gasteiger partial charge in [0.25, 0.3) is 0 Å². The lowest BCUT2D eigenvalue weighted by molar-refractivity contribution is 1.14. The van der Waals surface area contributed by atoms with Crippen LogP contribution in [-0.2, 0) is 0 Å². The largest absolute Gasteiger partial charge is 0.0919 e. The molecule has 0 saturated carbocycles. The lowest BCUT2D eigenvalue weighted by atomic mass is 9.97. The van der Waals surface area contributed by atoms with E-state index in [-0.39, 0.29) is 0 Å². The summed E-state index contributed by atoms with van der Waals surface area (Å²) in [4.78, 5) is 0. The first kappa shape index (κ1) is 17.4. The van der Waals surface area contributed by atoms with Gasteiger partial charge in [-0.25, -0.2) is 0 Å². The molecule has 0 saturated heterocycles. The summed E-state index contributed by atoms with van der Waals surface area (Å²) in [5.74, 6) is 0. The van der Waals surface area contributed by atoms with Gasteiger partial charge in [0.05, 0.1) is 8.07 Å². The van der Waals surface area contributed by atoms with Crippen LogP contribution in [-0.4, -0.2) is 8.07 Å². The summed E-state index contributed by atoms with van der Waals surface area (Å²) in [6.45, 7) is 7.09. The number of hydrogen-bond acceptors (Lipinski definition) is 0. The van der Waals surface area contributed by atoms with E-state index in [1.54, 1.807) is 0 Å². The van der Waals surface area contributed by atoms with Crippen LogP contribution in [0.25, 0.3) is 11.1 Å². The zero-order valence-corrected chi connectivity index (χ0v) is 16.3. The molecule has 0 aliphatic heterocycles. The van der Waals surface area contributed by atoms with Gasteiger partial charge in [0, 0.05) is 5.54 Å². The molecule has 25 heavy (non-hydrogen) atoms. The van der Waals surface area contributed by atoms with Crippen molar-refractivity contribution in [1.82, 2.24) is 0 Å². The summed E-state index contributed by atoms with van der Waals surface area (Å²) < 4.78 is 0. The topological polar surface area (TPSA) is 0 Å². The molecule has 0 fully saturated rings. The maximum atomic E-state index is 2.48. The Kier molecular flexibility index (Phi) is 5.35. The van der Waals surface area contributed by atoms with E-state index in [9.17, 15) is 0 Å². The van der Waals surface area contributed by atoms with Crippen LogP contribution in [0, 0.1) is 0 Å². The molecule has 126 valence electrons. The number of rotatable bonds is 5. The van der Waals surface area contributed by atoms with E-state index in [1.165, 1.54) is 21.9 Å². The highest BCUT2D eigenvalue weighted by atomic mass is 28.3. The van der Waals surface area contributed by atoms with E-state index in [4.69, 9.17) is 0 Å². The molecule has 1 heteroatoms. The molecule has 1 atom stereocenters. The Morgan fingerprint density at radius 3 is 1.92 bits per heavy atom. The summed E-state index contributed by atoms with van der Waals surface area (Å²) in [6, 6.07) is 30.7. The molecule has 0 N–H and O–H groups in total. The smallest absolute Gasteiger partial charge is 0.0913 e. The van der Waals surface area contributed by atoms with Gasteiger partial charge in [-0.2, -0.15) is 0 Å². The van der Waals surface area contributed by atoms with Gasteiger partial charge in [0.2, 0.25) is 0 Å². The molecule has 0 nitrogen and oxygen atoms in total. The van der Waals surface area contributed by atoms with Crippen molar-refractivity contribution in [2.45, 2.75) is 25.6 Å². The van der Waals surface area contributed by atoms with Crippen molar-refractivity contribution in [2.75, 3.05) is 0 Å². The summed E-state index contributed by atoms with van der Waals surface area (Å²) >= 11 is 0. The summed E-state index contributed by atoms with van der Waals surface area (Å²) in [5, 5.41) is 1.50. The van der Waals surface area contributed by atoms with Crippen molar-refractivity contribution >= 4 is 13.3 Å². The fourth-order valence-corrected chi connectivity index (χ4v) is 6.74. The summed E-state index contributed by atoms with van der Waals surface area (Å²) in [6.07, 6.45) is 4.62. The highest BCUT2D eigenvalue weighted by Crippen LogP contribution is 2.35. The van der Waals surface area contributed by atoms with E-state index in [0.717, 1.165) is 0 Å². The average molecular weight is 343 g/mol. The molecule has 0 aromatic heterocycles. The second kappa shape index (κ2) is 7.67. The third-order valence-electron chi connectivity index (χ3n) is 5.06. The molecular weight excluding hydrogens is 316 g/mol. The fourth-order valence-electron chi connectivity index (χ4n) is 3.62. The molecule has 0 amide bonds. The fraction of sp³-hybridized carbons (Fsp3) is 0.167. The third kappa shape index (κ3) is 3.67. The molecule has 0 aliphatic carbocycles. The van der Waals surface area contributed by atoms with E-state index in [2.05, 4.69) is 117 Å². The van der Waals surface area contributed by atoms with Gasteiger partial charge in [-0.05, 0) is 23.6 Å². The Morgan fingerprint density at radius 2 is 1.28 bits per heavy atom. The van der Waals surface area contributed by atoms with Crippen molar-refractivity contribution in [3.63, 3.8) is 0 Å². The second-order valence-electron chi connectivity index (χ2n) is 7.04. The first-order valence-electron chi connectivity index (χ1n) is 8.97. The Bertz CT molecular complexity index is 832. The van der Waals surface area contributed by atoms with Crippen LogP contribution in [0.4, 0.5) is 0 Å². The summed E-state index contributed by atoms with van der Waals surface area (Å²) in [5.41, 5.74) is 4.52. The van der Waals surface area contributed by atoms with Crippen LogP contribution in [0.3, 0.4) is 0 Å². The van der Waals surface area contributed by atoms with E-state index < -0.39 is 8.07 Å². The van der Waals surface area contributed by atoms with E-state index >= 15 is 0 Å². The molecule has 0 heterocycles. The van der Waals surface area contributed by atoms with Crippen molar-refractivity contribution in [2.24, 2.45) is 0 Å². The molecule has 0 spiro atoms. The molecule has 3 rings (SSSR count). The van der Waals surface area contributed by atoms with Gasteiger partial charge in [0.1, 0.15) is 0 Å². The zero-order chi connectivity index (χ0) is 17.7.